The van der Waals surface area contributed by atoms with Gasteiger partial charge in [0.05, 0.1) is 12.7 Å². The Hall–Kier alpha value is -1.15. The molecule has 0 aromatic heterocycles. The molecule has 1 aromatic rings. The number of hydrogen-bond donors (Lipinski definition) is 0. The van der Waals surface area contributed by atoms with Crippen molar-refractivity contribution in [3.05, 3.63) is 46.8 Å². The predicted octanol–water partition coefficient (Wildman–Crippen LogP) is 3.62. The van der Waals surface area contributed by atoms with Crippen molar-refractivity contribution in [1.82, 2.24) is 0 Å². The van der Waals surface area contributed by atoms with E-state index in [0.29, 0.717) is 12.2 Å². The van der Waals surface area contributed by atoms with Gasteiger partial charge in [0.15, 0.2) is 0 Å². The Morgan fingerprint density at radius 1 is 1.20 bits per heavy atom. The molecular formula is C13H15FO. The highest BCUT2D eigenvalue weighted by Crippen LogP contribution is 2.32. The Bertz CT molecular complexity index is 395. The van der Waals surface area contributed by atoms with Gasteiger partial charge in [-0.25, -0.2) is 4.39 Å². The summed E-state index contributed by atoms with van der Waals surface area (Å²) < 4.78 is 19.1. The topological polar surface area (TPSA) is 9.23 Å². The van der Waals surface area contributed by atoms with Crippen LogP contribution in [0.25, 0.3) is 0 Å². The van der Waals surface area contributed by atoms with Crippen LogP contribution in [0.3, 0.4) is 0 Å². The molecule has 1 nitrogen and oxygen atoms in total. The van der Waals surface area contributed by atoms with Crippen molar-refractivity contribution < 1.29 is 9.13 Å². The number of rotatable bonds is 1. The minimum Gasteiger partial charge on any atom is -0.369 e. The second kappa shape index (κ2) is 4.15. The Labute approximate surface area is 89.6 Å². The van der Waals surface area contributed by atoms with Crippen LogP contribution in [0.5, 0.6) is 0 Å². The second-order valence-corrected chi connectivity index (χ2v) is 4.09. The minimum atomic E-state index is -0.171. The Morgan fingerprint density at radius 3 is 2.60 bits per heavy atom. The van der Waals surface area contributed by atoms with Crippen molar-refractivity contribution in [1.29, 1.82) is 0 Å². The van der Waals surface area contributed by atoms with Crippen molar-refractivity contribution in [3.8, 4) is 0 Å². The molecule has 1 aromatic carbocycles. The smallest absolute Gasteiger partial charge is 0.129 e. The van der Waals surface area contributed by atoms with E-state index in [1.54, 1.807) is 12.1 Å². The molecule has 0 bridgehead atoms. The van der Waals surface area contributed by atoms with Gasteiger partial charge >= 0.3 is 0 Å². The van der Waals surface area contributed by atoms with Crippen molar-refractivity contribution in [2.75, 3.05) is 6.61 Å². The summed E-state index contributed by atoms with van der Waals surface area (Å²) in [5.41, 5.74) is 3.25. The van der Waals surface area contributed by atoms with E-state index in [0.717, 1.165) is 6.42 Å². The standard InChI is InChI=1S/C13H15FO/c1-9-7-13(15-8-10(9)2)11-5-3-4-6-12(11)14/h3-6,13H,7-8H2,1-2H3. The molecule has 1 aliphatic rings. The molecule has 0 saturated heterocycles. The van der Waals surface area contributed by atoms with Crippen LogP contribution in [0.15, 0.2) is 35.4 Å². The minimum absolute atomic E-state index is 0.116. The van der Waals surface area contributed by atoms with Crippen LogP contribution in [0.2, 0.25) is 0 Å². The normalized spacial score (nSPS) is 21.9. The Balaban J connectivity index is 2.24. The summed E-state index contributed by atoms with van der Waals surface area (Å²) in [6.07, 6.45) is 0.683. The molecule has 1 heterocycles. The van der Waals surface area contributed by atoms with E-state index in [1.807, 2.05) is 6.07 Å². The highest BCUT2D eigenvalue weighted by Gasteiger charge is 2.21. The summed E-state index contributed by atoms with van der Waals surface area (Å²) in [6, 6.07) is 6.84. The Morgan fingerprint density at radius 2 is 1.93 bits per heavy atom. The summed E-state index contributed by atoms with van der Waals surface area (Å²) >= 11 is 0. The SMILES string of the molecule is CC1=C(C)CC(c2ccccc2F)OC1. The van der Waals surface area contributed by atoms with E-state index in [9.17, 15) is 4.39 Å². The van der Waals surface area contributed by atoms with Crippen molar-refractivity contribution in [2.45, 2.75) is 26.4 Å². The van der Waals surface area contributed by atoms with Gasteiger partial charge in [-0.2, -0.15) is 0 Å². The largest absolute Gasteiger partial charge is 0.369 e. The summed E-state index contributed by atoms with van der Waals surface area (Å²) in [6.45, 7) is 4.77. The number of benzene rings is 1. The van der Waals surface area contributed by atoms with Crippen LogP contribution in [0.4, 0.5) is 4.39 Å². The molecule has 0 amide bonds. The summed E-state index contributed by atoms with van der Waals surface area (Å²) in [5, 5.41) is 0. The van der Waals surface area contributed by atoms with Gasteiger partial charge in [0.2, 0.25) is 0 Å². The quantitative estimate of drug-likeness (QED) is 0.637. The zero-order chi connectivity index (χ0) is 10.8. The van der Waals surface area contributed by atoms with Gasteiger partial charge in [0.1, 0.15) is 5.82 Å². The average molecular weight is 206 g/mol. The first-order valence-electron chi connectivity index (χ1n) is 5.19. The summed E-state index contributed by atoms with van der Waals surface area (Å²) in [4.78, 5) is 0. The van der Waals surface area contributed by atoms with Gasteiger partial charge in [-0.3, -0.25) is 0 Å². The molecule has 2 rings (SSSR count). The predicted molar refractivity (Wildman–Crippen MR) is 58.1 cm³/mol. The first-order chi connectivity index (χ1) is 7.18. The summed E-state index contributed by atoms with van der Waals surface area (Å²) in [7, 11) is 0. The molecule has 1 atom stereocenters. The van der Waals surface area contributed by atoms with Gasteiger partial charge in [-0.1, -0.05) is 23.8 Å². The summed E-state index contributed by atoms with van der Waals surface area (Å²) in [5.74, 6) is -0.171. The van der Waals surface area contributed by atoms with Crippen LogP contribution in [0.1, 0.15) is 31.9 Å². The Kier molecular flexibility index (Phi) is 2.87. The highest BCUT2D eigenvalue weighted by molar-refractivity contribution is 5.24. The fraction of sp³-hybridized carbons (Fsp3) is 0.385. The molecule has 0 saturated carbocycles. The number of ether oxygens (including phenoxy) is 1. The molecule has 1 unspecified atom stereocenters. The van der Waals surface area contributed by atoms with Crippen molar-refractivity contribution in [3.63, 3.8) is 0 Å². The molecule has 0 spiro atoms. The maximum absolute atomic E-state index is 13.5. The molecule has 1 aliphatic heterocycles. The maximum atomic E-state index is 13.5. The van der Waals surface area contributed by atoms with Gasteiger partial charge in [-0.15, -0.1) is 0 Å². The van der Waals surface area contributed by atoms with Crippen LogP contribution in [0, 0.1) is 5.82 Å². The van der Waals surface area contributed by atoms with Crippen molar-refractivity contribution >= 4 is 0 Å². The van der Waals surface area contributed by atoms with Gasteiger partial charge in [0, 0.05) is 5.56 Å². The van der Waals surface area contributed by atoms with Gasteiger partial charge < -0.3 is 4.74 Å². The molecule has 0 fully saturated rings. The molecule has 0 N–H and O–H groups in total. The third-order valence-electron chi connectivity index (χ3n) is 2.97. The van der Waals surface area contributed by atoms with Crippen LogP contribution >= 0.6 is 0 Å². The van der Waals surface area contributed by atoms with E-state index in [4.69, 9.17) is 4.74 Å². The number of halogens is 1. The first-order valence-corrected chi connectivity index (χ1v) is 5.19. The third kappa shape index (κ3) is 2.10. The molecular weight excluding hydrogens is 191 g/mol. The van der Waals surface area contributed by atoms with Gasteiger partial charge in [0.25, 0.3) is 0 Å². The molecule has 80 valence electrons. The lowest BCUT2D eigenvalue weighted by molar-refractivity contribution is 0.0553. The first kappa shape index (κ1) is 10.4. The highest BCUT2D eigenvalue weighted by atomic mass is 19.1. The molecule has 0 radical (unpaired) electrons. The molecule has 0 aliphatic carbocycles. The van der Waals surface area contributed by atoms with Crippen LogP contribution < -0.4 is 0 Å². The monoisotopic (exact) mass is 206 g/mol. The third-order valence-corrected chi connectivity index (χ3v) is 2.97. The van der Waals surface area contributed by atoms with Crippen LogP contribution in [-0.2, 0) is 4.74 Å². The lowest BCUT2D eigenvalue weighted by atomic mass is 9.96. The molecule has 2 heteroatoms. The fourth-order valence-corrected chi connectivity index (χ4v) is 1.80. The van der Waals surface area contributed by atoms with E-state index in [2.05, 4.69) is 13.8 Å². The lowest BCUT2D eigenvalue weighted by Gasteiger charge is -2.25. The van der Waals surface area contributed by atoms with E-state index in [-0.39, 0.29) is 11.9 Å². The zero-order valence-electron chi connectivity index (χ0n) is 9.09. The van der Waals surface area contributed by atoms with Gasteiger partial charge in [-0.05, 0) is 31.9 Å². The fourth-order valence-electron chi connectivity index (χ4n) is 1.80. The van der Waals surface area contributed by atoms with E-state index < -0.39 is 0 Å². The van der Waals surface area contributed by atoms with E-state index in [1.165, 1.54) is 17.2 Å². The van der Waals surface area contributed by atoms with E-state index >= 15 is 0 Å². The second-order valence-electron chi connectivity index (χ2n) is 4.09. The number of hydrogen-bond acceptors (Lipinski definition) is 1. The van der Waals surface area contributed by atoms with Crippen LogP contribution in [-0.4, -0.2) is 6.61 Å². The molecule has 15 heavy (non-hydrogen) atoms. The van der Waals surface area contributed by atoms with Crippen molar-refractivity contribution in [2.24, 2.45) is 0 Å². The maximum Gasteiger partial charge on any atom is 0.129 e. The zero-order valence-corrected chi connectivity index (χ0v) is 9.09. The average Bonchev–Trinajstić information content (AvgIpc) is 2.23. The lowest BCUT2D eigenvalue weighted by Crippen LogP contribution is -2.14.